The highest BCUT2D eigenvalue weighted by Crippen LogP contribution is 2.10. The number of rotatable bonds is 3. The van der Waals surface area contributed by atoms with Gasteiger partial charge < -0.3 is 10.6 Å². The maximum atomic E-state index is 11.9. The number of hydrogen-bond donors (Lipinski definition) is 2. The molecule has 1 aliphatic heterocycles. The molecular formula is C14H21ClN2O. The minimum absolute atomic E-state index is 0. The summed E-state index contributed by atoms with van der Waals surface area (Å²) in [6.07, 6.45) is 2.11. The summed E-state index contributed by atoms with van der Waals surface area (Å²) in [5.41, 5.74) is 2.41. The van der Waals surface area contributed by atoms with Gasteiger partial charge in [0, 0.05) is 13.1 Å². The largest absolute Gasteiger partial charge is 0.352 e. The van der Waals surface area contributed by atoms with Crippen molar-refractivity contribution < 1.29 is 4.79 Å². The molecule has 0 radical (unpaired) electrons. The Balaban J connectivity index is 0.00000162. The average Bonchev–Trinajstić information content (AvgIpc) is 2.39. The van der Waals surface area contributed by atoms with Gasteiger partial charge in [-0.05, 0) is 31.9 Å². The van der Waals surface area contributed by atoms with Crippen LogP contribution < -0.4 is 10.6 Å². The highest BCUT2D eigenvalue weighted by atomic mass is 35.5. The minimum Gasteiger partial charge on any atom is -0.352 e. The first-order valence-electron chi connectivity index (χ1n) is 6.29. The molecule has 4 heteroatoms. The fraction of sp³-hybridized carbons (Fsp3) is 0.500. The lowest BCUT2D eigenvalue weighted by Gasteiger charge is -2.21. The molecular weight excluding hydrogens is 248 g/mol. The molecule has 18 heavy (non-hydrogen) atoms. The van der Waals surface area contributed by atoms with Crippen molar-refractivity contribution in [3.63, 3.8) is 0 Å². The van der Waals surface area contributed by atoms with Gasteiger partial charge in [0.05, 0.1) is 5.92 Å². The van der Waals surface area contributed by atoms with Crippen molar-refractivity contribution in [3.05, 3.63) is 35.4 Å². The van der Waals surface area contributed by atoms with Crippen LogP contribution in [0.1, 0.15) is 24.0 Å². The monoisotopic (exact) mass is 268 g/mol. The molecule has 1 aliphatic rings. The number of amides is 1. The molecule has 3 nitrogen and oxygen atoms in total. The molecule has 1 aromatic rings. The van der Waals surface area contributed by atoms with Crippen LogP contribution in [0.4, 0.5) is 0 Å². The topological polar surface area (TPSA) is 41.1 Å². The molecule has 0 aromatic heterocycles. The van der Waals surface area contributed by atoms with Crippen molar-refractivity contribution >= 4 is 18.3 Å². The van der Waals surface area contributed by atoms with Gasteiger partial charge in [-0.15, -0.1) is 12.4 Å². The molecule has 1 heterocycles. The fourth-order valence-corrected chi connectivity index (χ4v) is 2.12. The first-order valence-corrected chi connectivity index (χ1v) is 6.29. The quantitative estimate of drug-likeness (QED) is 0.881. The standard InChI is InChI=1S/C14H20N2O.ClH/c1-11-4-6-12(7-5-11)9-16-14(17)13-3-2-8-15-10-13;/h4-7,13,15H,2-3,8-10H2,1H3,(H,16,17);1H/t13-;/m1./s1. The Morgan fingerprint density at radius 2 is 2.11 bits per heavy atom. The summed E-state index contributed by atoms with van der Waals surface area (Å²) in [7, 11) is 0. The predicted octanol–water partition coefficient (Wildman–Crippen LogP) is 2.03. The number of halogens is 1. The van der Waals surface area contributed by atoms with Crippen molar-refractivity contribution in [2.45, 2.75) is 26.3 Å². The van der Waals surface area contributed by atoms with Crippen LogP contribution in [0.15, 0.2) is 24.3 Å². The van der Waals surface area contributed by atoms with E-state index in [0.717, 1.165) is 31.5 Å². The third-order valence-corrected chi connectivity index (χ3v) is 3.26. The molecule has 0 unspecified atom stereocenters. The van der Waals surface area contributed by atoms with Crippen molar-refractivity contribution in [2.24, 2.45) is 5.92 Å². The molecule has 1 aromatic carbocycles. The van der Waals surface area contributed by atoms with E-state index in [-0.39, 0.29) is 24.2 Å². The summed E-state index contributed by atoms with van der Waals surface area (Å²) in [4.78, 5) is 11.9. The van der Waals surface area contributed by atoms with Crippen LogP contribution >= 0.6 is 12.4 Å². The van der Waals surface area contributed by atoms with Gasteiger partial charge in [-0.25, -0.2) is 0 Å². The second-order valence-electron chi connectivity index (χ2n) is 4.75. The first-order chi connectivity index (χ1) is 8.25. The zero-order chi connectivity index (χ0) is 12.1. The molecule has 0 spiro atoms. The average molecular weight is 269 g/mol. The van der Waals surface area contributed by atoms with Crippen LogP contribution in [0.5, 0.6) is 0 Å². The maximum absolute atomic E-state index is 11.9. The van der Waals surface area contributed by atoms with Crippen LogP contribution in [-0.2, 0) is 11.3 Å². The highest BCUT2D eigenvalue weighted by molar-refractivity contribution is 5.85. The summed E-state index contributed by atoms with van der Waals surface area (Å²) in [5.74, 6) is 0.326. The highest BCUT2D eigenvalue weighted by Gasteiger charge is 2.20. The lowest BCUT2D eigenvalue weighted by molar-refractivity contribution is -0.125. The van der Waals surface area contributed by atoms with Gasteiger partial charge in [0.25, 0.3) is 0 Å². The fourth-order valence-electron chi connectivity index (χ4n) is 2.12. The van der Waals surface area contributed by atoms with Crippen LogP contribution in [0, 0.1) is 12.8 Å². The van der Waals surface area contributed by atoms with E-state index in [9.17, 15) is 4.79 Å². The van der Waals surface area contributed by atoms with E-state index >= 15 is 0 Å². The molecule has 1 amide bonds. The lowest BCUT2D eigenvalue weighted by Crippen LogP contribution is -2.40. The molecule has 0 aliphatic carbocycles. The second kappa shape index (κ2) is 7.39. The second-order valence-corrected chi connectivity index (χ2v) is 4.75. The van der Waals surface area contributed by atoms with Gasteiger partial charge in [-0.3, -0.25) is 4.79 Å². The Hall–Kier alpha value is -1.06. The van der Waals surface area contributed by atoms with E-state index in [2.05, 4.69) is 41.8 Å². The third-order valence-electron chi connectivity index (χ3n) is 3.26. The molecule has 1 saturated heterocycles. The number of nitrogens with one attached hydrogen (secondary N) is 2. The molecule has 2 N–H and O–H groups in total. The van der Waals surface area contributed by atoms with Crippen LogP contribution in [0.25, 0.3) is 0 Å². The van der Waals surface area contributed by atoms with Crippen molar-refractivity contribution in [3.8, 4) is 0 Å². The van der Waals surface area contributed by atoms with E-state index in [0.29, 0.717) is 6.54 Å². The molecule has 1 atom stereocenters. The number of hydrogen-bond acceptors (Lipinski definition) is 2. The summed E-state index contributed by atoms with van der Waals surface area (Å²) in [6.45, 7) is 4.56. The Morgan fingerprint density at radius 3 is 2.72 bits per heavy atom. The van der Waals surface area contributed by atoms with E-state index in [1.165, 1.54) is 5.56 Å². The molecule has 0 saturated carbocycles. The van der Waals surface area contributed by atoms with Gasteiger partial charge in [0.15, 0.2) is 0 Å². The van der Waals surface area contributed by atoms with Gasteiger partial charge in [-0.2, -0.15) is 0 Å². The summed E-state index contributed by atoms with van der Waals surface area (Å²) in [6, 6.07) is 8.27. The van der Waals surface area contributed by atoms with Gasteiger partial charge in [0.2, 0.25) is 5.91 Å². The summed E-state index contributed by atoms with van der Waals surface area (Å²) in [5, 5.41) is 6.27. The van der Waals surface area contributed by atoms with E-state index in [1.807, 2.05) is 0 Å². The van der Waals surface area contributed by atoms with Crippen molar-refractivity contribution in [2.75, 3.05) is 13.1 Å². The SMILES string of the molecule is Cc1ccc(CNC(=O)[C@@H]2CCCNC2)cc1.Cl. The van der Waals surface area contributed by atoms with E-state index in [1.54, 1.807) is 0 Å². The summed E-state index contributed by atoms with van der Waals surface area (Å²) >= 11 is 0. The molecule has 100 valence electrons. The Morgan fingerprint density at radius 1 is 1.39 bits per heavy atom. The van der Waals surface area contributed by atoms with Gasteiger partial charge >= 0.3 is 0 Å². The Kier molecular flexibility index (Phi) is 6.16. The normalized spacial score (nSPS) is 18.8. The Labute approximate surface area is 115 Å². The summed E-state index contributed by atoms with van der Waals surface area (Å²) < 4.78 is 0. The third kappa shape index (κ3) is 4.31. The Bertz CT molecular complexity index is 372. The van der Waals surface area contributed by atoms with E-state index < -0.39 is 0 Å². The van der Waals surface area contributed by atoms with Gasteiger partial charge in [-0.1, -0.05) is 29.8 Å². The zero-order valence-electron chi connectivity index (χ0n) is 10.7. The first kappa shape index (κ1) is 15.0. The van der Waals surface area contributed by atoms with Gasteiger partial charge in [0.1, 0.15) is 0 Å². The molecule has 0 bridgehead atoms. The minimum atomic E-state index is 0. The number of carbonyl (C=O) groups is 1. The van der Waals surface area contributed by atoms with Crippen LogP contribution in [-0.4, -0.2) is 19.0 Å². The van der Waals surface area contributed by atoms with Crippen LogP contribution in [0.2, 0.25) is 0 Å². The van der Waals surface area contributed by atoms with Crippen LogP contribution in [0.3, 0.4) is 0 Å². The maximum Gasteiger partial charge on any atom is 0.224 e. The lowest BCUT2D eigenvalue weighted by atomic mass is 9.99. The number of carbonyl (C=O) groups excluding carboxylic acids is 1. The van der Waals surface area contributed by atoms with E-state index in [4.69, 9.17) is 0 Å². The molecule has 1 fully saturated rings. The predicted molar refractivity (Wildman–Crippen MR) is 75.9 cm³/mol. The smallest absolute Gasteiger partial charge is 0.224 e. The zero-order valence-corrected chi connectivity index (χ0v) is 11.6. The molecule has 2 rings (SSSR count). The number of piperidine rings is 1. The van der Waals surface area contributed by atoms with Crippen molar-refractivity contribution in [1.82, 2.24) is 10.6 Å². The number of aryl methyl sites for hydroxylation is 1. The number of benzene rings is 1. The van der Waals surface area contributed by atoms with Crippen molar-refractivity contribution in [1.29, 1.82) is 0 Å².